The fourth-order valence-corrected chi connectivity index (χ4v) is 0.673. The van der Waals surface area contributed by atoms with Crippen molar-refractivity contribution in [1.29, 1.82) is 0 Å². The molecule has 12 heavy (non-hydrogen) atoms. The Balaban J connectivity index is 4.21. The summed E-state index contributed by atoms with van der Waals surface area (Å²) in [4.78, 5) is 10.7. The zero-order valence-corrected chi connectivity index (χ0v) is 7.70. The Morgan fingerprint density at radius 2 is 1.83 bits per heavy atom. The molecule has 66 valence electrons. The largest absolute Gasteiger partial charge is 0.466 e. The van der Waals surface area contributed by atoms with Crippen LogP contribution in [-0.4, -0.2) is 13.1 Å². The quantitative estimate of drug-likeness (QED) is 0.365. The molecule has 0 spiro atoms. The molecular weight excluding hydrogens is 152 g/mol. The Hall–Kier alpha value is -1.31. The smallest absolute Gasteiger partial charge is 0.330 e. The molecule has 0 heterocycles. The van der Waals surface area contributed by atoms with Gasteiger partial charge in [0.15, 0.2) is 0 Å². The minimum atomic E-state index is -0.334. The van der Waals surface area contributed by atoms with E-state index in [0.29, 0.717) is 0 Å². The molecule has 2 heteroatoms. The van der Waals surface area contributed by atoms with Gasteiger partial charge in [-0.25, -0.2) is 4.79 Å². The second-order valence-electron chi connectivity index (χ2n) is 2.15. The van der Waals surface area contributed by atoms with E-state index in [2.05, 4.69) is 4.74 Å². The second-order valence-corrected chi connectivity index (χ2v) is 2.15. The number of methoxy groups -OCH3 is 1. The van der Waals surface area contributed by atoms with Gasteiger partial charge < -0.3 is 4.74 Å². The molecule has 0 saturated heterocycles. The zero-order chi connectivity index (χ0) is 9.40. The maximum atomic E-state index is 10.7. The van der Waals surface area contributed by atoms with Gasteiger partial charge in [-0.1, -0.05) is 18.2 Å². The van der Waals surface area contributed by atoms with E-state index in [1.165, 1.54) is 13.2 Å². The maximum Gasteiger partial charge on any atom is 0.330 e. The van der Waals surface area contributed by atoms with Crippen LogP contribution < -0.4 is 0 Å². The number of hydrogen-bond donors (Lipinski definition) is 0. The monoisotopic (exact) mass is 166 g/mol. The summed E-state index contributed by atoms with van der Waals surface area (Å²) in [5.74, 6) is -0.334. The fourth-order valence-electron chi connectivity index (χ4n) is 0.673. The molecule has 0 saturated carbocycles. The first-order valence-corrected chi connectivity index (χ1v) is 3.79. The predicted molar refractivity (Wildman–Crippen MR) is 49.7 cm³/mol. The summed E-state index contributed by atoms with van der Waals surface area (Å²) < 4.78 is 4.45. The molecule has 0 amide bonds. The van der Waals surface area contributed by atoms with Crippen LogP contribution in [0.2, 0.25) is 0 Å². The number of allylic oxidation sites excluding steroid dienone is 5. The molecule has 0 atom stereocenters. The van der Waals surface area contributed by atoms with E-state index in [-0.39, 0.29) is 5.97 Å². The van der Waals surface area contributed by atoms with Crippen molar-refractivity contribution < 1.29 is 9.53 Å². The molecule has 0 radical (unpaired) electrons. The van der Waals surface area contributed by atoms with Crippen LogP contribution in [0.4, 0.5) is 0 Å². The molecule has 0 aromatic carbocycles. The highest BCUT2D eigenvalue weighted by Crippen LogP contribution is 1.98. The van der Waals surface area contributed by atoms with Gasteiger partial charge in [0.25, 0.3) is 0 Å². The van der Waals surface area contributed by atoms with Gasteiger partial charge >= 0.3 is 5.97 Å². The Morgan fingerprint density at radius 1 is 1.17 bits per heavy atom. The van der Waals surface area contributed by atoms with Gasteiger partial charge in [-0.2, -0.15) is 0 Å². The molecule has 2 nitrogen and oxygen atoms in total. The van der Waals surface area contributed by atoms with Crippen molar-refractivity contribution >= 4 is 5.97 Å². The topological polar surface area (TPSA) is 26.3 Å². The maximum absolute atomic E-state index is 10.7. The second kappa shape index (κ2) is 6.40. The lowest BCUT2D eigenvalue weighted by molar-refractivity contribution is -0.134. The van der Waals surface area contributed by atoms with Crippen molar-refractivity contribution in [2.75, 3.05) is 7.11 Å². The molecule has 0 N–H and O–H groups in total. The molecule has 0 aliphatic carbocycles. The summed E-state index contributed by atoms with van der Waals surface area (Å²) in [6.45, 7) is 3.84. The van der Waals surface area contributed by atoms with E-state index in [1.807, 2.05) is 32.1 Å². The summed E-state index contributed by atoms with van der Waals surface area (Å²) in [6.07, 6.45) is 8.86. The third-order valence-electron chi connectivity index (χ3n) is 1.31. The Labute approximate surface area is 73.2 Å². The molecular formula is C10H14O2. The highest BCUT2D eigenvalue weighted by molar-refractivity contribution is 5.82. The van der Waals surface area contributed by atoms with Gasteiger partial charge in [-0.05, 0) is 25.5 Å². The lowest BCUT2D eigenvalue weighted by Crippen LogP contribution is -1.93. The summed E-state index contributed by atoms with van der Waals surface area (Å²) in [6, 6.07) is 0. The highest BCUT2D eigenvalue weighted by Gasteiger charge is 1.89. The van der Waals surface area contributed by atoms with Gasteiger partial charge in [0.2, 0.25) is 0 Å². The third-order valence-corrected chi connectivity index (χ3v) is 1.31. The molecule has 0 bridgehead atoms. The normalized spacial score (nSPS) is 12.8. The van der Waals surface area contributed by atoms with E-state index < -0.39 is 0 Å². The number of ether oxygens (including phenoxy) is 1. The summed E-state index contributed by atoms with van der Waals surface area (Å²) in [5, 5.41) is 0. The molecule has 0 aliphatic rings. The minimum absolute atomic E-state index is 0.334. The van der Waals surface area contributed by atoms with Crippen LogP contribution >= 0.6 is 0 Å². The van der Waals surface area contributed by atoms with Crippen LogP contribution in [0.5, 0.6) is 0 Å². The molecule has 0 rings (SSSR count). The van der Waals surface area contributed by atoms with Gasteiger partial charge in [0.05, 0.1) is 7.11 Å². The van der Waals surface area contributed by atoms with Crippen molar-refractivity contribution in [3.8, 4) is 0 Å². The fraction of sp³-hybridized carbons (Fsp3) is 0.300. The van der Waals surface area contributed by atoms with E-state index >= 15 is 0 Å². The van der Waals surface area contributed by atoms with Gasteiger partial charge in [-0.15, -0.1) is 0 Å². The van der Waals surface area contributed by atoms with Crippen LogP contribution in [0.3, 0.4) is 0 Å². The van der Waals surface area contributed by atoms with Gasteiger partial charge in [-0.3, -0.25) is 0 Å². The highest BCUT2D eigenvalue weighted by atomic mass is 16.5. The average Bonchev–Trinajstić information content (AvgIpc) is 2.11. The Kier molecular flexibility index (Phi) is 5.70. The van der Waals surface area contributed by atoms with Gasteiger partial charge in [0, 0.05) is 6.08 Å². The molecule has 0 fully saturated rings. The van der Waals surface area contributed by atoms with Crippen molar-refractivity contribution in [2.45, 2.75) is 13.8 Å². The summed E-state index contributed by atoms with van der Waals surface area (Å²) in [7, 11) is 1.36. The lowest BCUT2D eigenvalue weighted by atomic mass is 10.2. The first-order chi connectivity index (χ1) is 5.74. The minimum Gasteiger partial charge on any atom is -0.466 e. The average molecular weight is 166 g/mol. The molecule has 0 aliphatic heterocycles. The number of rotatable bonds is 3. The van der Waals surface area contributed by atoms with E-state index in [1.54, 1.807) is 6.08 Å². The molecule has 0 unspecified atom stereocenters. The summed E-state index contributed by atoms with van der Waals surface area (Å²) >= 11 is 0. The van der Waals surface area contributed by atoms with E-state index in [9.17, 15) is 4.79 Å². The van der Waals surface area contributed by atoms with Crippen LogP contribution in [0.15, 0.2) is 36.0 Å². The summed E-state index contributed by atoms with van der Waals surface area (Å²) in [5.41, 5.74) is 0.989. The lowest BCUT2D eigenvalue weighted by Gasteiger charge is -1.91. The number of esters is 1. The SMILES string of the molecule is C\C=C/C(/C=C/C(=O)OC)=C\C. The standard InChI is InChI=1S/C10H14O2/c1-4-6-9(5-2)7-8-10(11)12-3/h4-8H,1-3H3/b6-4-,8-7+,9-5+. The molecule has 0 aromatic rings. The van der Waals surface area contributed by atoms with Crippen LogP contribution in [0.1, 0.15) is 13.8 Å². The predicted octanol–water partition coefficient (Wildman–Crippen LogP) is 2.24. The number of carbonyl (C=O) groups is 1. The van der Waals surface area contributed by atoms with Gasteiger partial charge in [0.1, 0.15) is 0 Å². The van der Waals surface area contributed by atoms with Crippen molar-refractivity contribution in [3.05, 3.63) is 36.0 Å². The third kappa shape index (κ3) is 4.50. The zero-order valence-electron chi connectivity index (χ0n) is 7.70. The van der Waals surface area contributed by atoms with Crippen LogP contribution in [0.25, 0.3) is 0 Å². The van der Waals surface area contributed by atoms with Crippen molar-refractivity contribution in [3.63, 3.8) is 0 Å². The van der Waals surface area contributed by atoms with E-state index in [4.69, 9.17) is 0 Å². The first-order valence-electron chi connectivity index (χ1n) is 3.79. The van der Waals surface area contributed by atoms with Crippen LogP contribution in [0, 0.1) is 0 Å². The van der Waals surface area contributed by atoms with Crippen molar-refractivity contribution in [2.24, 2.45) is 0 Å². The van der Waals surface area contributed by atoms with Crippen molar-refractivity contribution in [1.82, 2.24) is 0 Å². The van der Waals surface area contributed by atoms with Crippen LogP contribution in [-0.2, 0) is 9.53 Å². The Morgan fingerprint density at radius 3 is 2.25 bits per heavy atom. The molecule has 0 aromatic heterocycles. The van der Waals surface area contributed by atoms with E-state index in [0.717, 1.165) is 5.57 Å². The number of hydrogen-bond acceptors (Lipinski definition) is 2. The first kappa shape index (κ1) is 10.7. The number of carbonyl (C=O) groups excluding carboxylic acids is 1. The Bertz CT molecular complexity index is 222.